The van der Waals surface area contributed by atoms with E-state index < -0.39 is 0 Å². The molecule has 0 atom stereocenters. The van der Waals surface area contributed by atoms with Gasteiger partial charge in [-0.25, -0.2) is 4.90 Å². The van der Waals surface area contributed by atoms with Crippen LogP contribution in [-0.4, -0.2) is 30.3 Å². The molecule has 0 aliphatic heterocycles. The number of anilines is 2. The number of benzene rings is 2. The highest BCUT2D eigenvalue weighted by Crippen LogP contribution is 2.44. The maximum absolute atomic E-state index is 12.7. The van der Waals surface area contributed by atoms with Crippen LogP contribution in [0.4, 0.5) is 11.6 Å². The summed E-state index contributed by atoms with van der Waals surface area (Å²) in [4.78, 5) is 18.3. The Morgan fingerprint density at radius 3 is 2.34 bits per heavy atom. The molecule has 2 aromatic carbocycles. The second kappa shape index (κ2) is 9.11. The normalized spacial score (nSPS) is 10.6. The number of rotatable bonds is 6. The topological polar surface area (TPSA) is 77.7 Å². The number of hydrogen-bond acceptors (Lipinski definition) is 6. The van der Waals surface area contributed by atoms with Gasteiger partial charge in [-0.1, -0.05) is 28.9 Å². The van der Waals surface area contributed by atoms with E-state index in [0.29, 0.717) is 33.5 Å². The number of amides is 1. The Hall–Kier alpha value is -3.84. The first kappa shape index (κ1) is 21.4. The van der Waals surface area contributed by atoms with Gasteiger partial charge in [-0.3, -0.25) is 9.78 Å². The van der Waals surface area contributed by atoms with E-state index in [-0.39, 0.29) is 11.8 Å². The van der Waals surface area contributed by atoms with Crippen molar-refractivity contribution in [2.45, 2.75) is 6.92 Å². The first-order chi connectivity index (χ1) is 15.5. The maximum atomic E-state index is 12.7. The Balaban J connectivity index is 1.97. The van der Waals surface area contributed by atoms with Crippen LogP contribution in [0.25, 0.3) is 22.4 Å². The number of carbonyl (C=O) groups excluding carboxylic acids is 1. The minimum absolute atomic E-state index is 0.251. The van der Waals surface area contributed by atoms with Crippen molar-refractivity contribution < 1.29 is 18.8 Å². The number of ether oxygens (including phenoxy) is 2. The molecule has 4 aromatic rings. The Morgan fingerprint density at radius 1 is 0.969 bits per heavy atom. The second-order valence-electron chi connectivity index (χ2n) is 6.82. The fourth-order valence-corrected chi connectivity index (χ4v) is 3.67. The Bertz CT molecular complexity index is 1260. The first-order valence-corrected chi connectivity index (χ1v) is 10.1. The molecule has 0 unspecified atom stereocenters. The minimum atomic E-state index is -0.275. The smallest absolute Gasteiger partial charge is 0.247 e. The Kier molecular flexibility index (Phi) is 6.09. The van der Waals surface area contributed by atoms with E-state index in [9.17, 15) is 4.79 Å². The molecule has 0 aliphatic rings. The standard InChI is InChI=1S/C24H20ClN3O4/c1-15(29)28(19-7-5-4-6-18(19)25)24-22(16-10-12-26-13-11-16)23(27-32-24)17-8-9-20(30-2)21(14-17)31-3/h4-14H,1-3H3. The highest BCUT2D eigenvalue weighted by atomic mass is 35.5. The fraction of sp³-hybridized carbons (Fsp3) is 0.125. The van der Waals surface area contributed by atoms with Crippen molar-refractivity contribution in [3.05, 3.63) is 72.0 Å². The van der Waals surface area contributed by atoms with E-state index >= 15 is 0 Å². The molecule has 32 heavy (non-hydrogen) atoms. The van der Waals surface area contributed by atoms with Gasteiger partial charge in [-0.2, -0.15) is 0 Å². The highest BCUT2D eigenvalue weighted by Gasteiger charge is 2.29. The molecule has 0 fully saturated rings. The van der Waals surface area contributed by atoms with Gasteiger partial charge in [0.1, 0.15) is 5.69 Å². The molecule has 0 N–H and O–H groups in total. The monoisotopic (exact) mass is 449 g/mol. The van der Waals surface area contributed by atoms with E-state index in [1.807, 2.05) is 18.2 Å². The van der Waals surface area contributed by atoms with Crippen molar-refractivity contribution in [1.29, 1.82) is 0 Å². The van der Waals surface area contributed by atoms with E-state index in [1.165, 1.54) is 11.8 Å². The van der Waals surface area contributed by atoms with Crippen LogP contribution in [0.3, 0.4) is 0 Å². The molecular weight excluding hydrogens is 430 g/mol. The maximum Gasteiger partial charge on any atom is 0.247 e. The van der Waals surface area contributed by atoms with Crippen LogP contribution in [0, 0.1) is 0 Å². The van der Waals surface area contributed by atoms with Crippen LogP contribution >= 0.6 is 11.6 Å². The van der Waals surface area contributed by atoms with Crippen LogP contribution in [0.2, 0.25) is 5.02 Å². The van der Waals surface area contributed by atoms with Gasteiger partial charge >= 0.3 is 0 Å². The summed E-state index contributed by atoms with van der Waals surface area (Å²) in [5.74, 6) is 1.11. The zero-order valence-corrected chi connectivity index (χ0v) is 18.5. The predicted molar refractivity (Wildman–Crippen MR) is 123 cm³/mol. The molecule has 2 aromatic heterocycles. The summed E-state index contributed by atoms with van der Waals surface area (Å²) in [6.45, 7) is 1.44. The molecule has 0 saturated carbocycles. The van der Waals surface area contributed by atoms with Crippen LogP contribution in [0.5, 0.6) is 11.5 Å². The Labute approximate surface area is 190 Å². The molecule has 0 spiro atoms. The zero-order valence-electron chi connectivity index (χ0n) is 17.7. The Morgan fingerprint density at radius 2 is 1.69 bits per heavy atom. The lowest BCUT2D eigenvalue weighted by molar-refractivity contribution is -0.116. The summed E-state index contributed by atoms with van der Waals surface area (Å²) in [5.41, 5.74) is 3.15. The van der Waals surface area contributed by atoms with E-state index in [2.05, 4.69) is 10.1 Å². The van der Waals surface area contributed by atoms with E-state index in [4.69, 9.17) is 25.6 Å². The second-order valence-corrected chi connectivity index (χ2v) is 7.23. The minimum Gasteiger partial charge on any atom is -0.493 e. The fourth-order valence-electron chi connectivity index (χ4n) is 3.45. The van der Waals surface area contributed by atoms with Crippen LogP contribution < -0.4 is 14.4 Å². The number of nitrogens with zero attached hydrogens (tertiary/aromatic N) is 3. The summed E-state index contributed by atoms with van der Waals surface area (Å²) in [7, 11) is 3.14. The summed E-state index contributed by atoms with van der Waals surface area (Å²) in [6.07, 6.45) is 3.33. The average molecular weight is 450 g/mol. The number of methoxy groups -OCH3 is 2. The number of halogens is 1. The molecule has 0 radical (unpaired) electrons. The van der Waals surface area contributed by atoms with Gasteiger partial charge in [0, 0.05) is 24.9 Å². The van der Waals surface area contributed by atoms with Gasteiger partial charge in [-0.15, -0.1) is 0 Å². The summed E-state index contributed by atoms with van der Waals surface area (Å²) < 4.78 is 16.6. The summed E-state index contributed by atoms with van der Waals surface area (Å²) in [5, 5.41) is 4.73. The van der Waals surface area contributed by atoms with Crippen molar-refractivity contribution in [3.8, 4) is 33.9 Å². The van der Waals surface area contributed by atoms with Crippen molar-refractivity contribution in [2.75, 3.05) is 19.1 Å². The molecule has 0 bridgehead atoms. The number of para-hydroxylation sites is 1. The molecule has 7 nitrogen and oxygen atoms in total. The van der Waals surface area contributed by atoms with Crippen LogP contribution in [0.1, 0.15) is 6.92 Å². The molecule has 0 aliphatic carbocycles. The molecule has 4 rings (SSSR count). The summed E-state index contributed by atoms with van der Waals surface area (Å²) in [6, 6.07) is 16.1. The quantitative estimate of drug-likeness (QED) is 0.372. The number of hydrogen-bond donors (Lipinski definition) is 0. The zero-order chi connectivity index (χ0) is 22.7. The van der Waals surface area contributed by atoms with E-state index in [1.54, 1.807) is 63.0 Å². The third kappa shape index (κ3) is 3.90. The first-order valence-electron chi connectivity index (χ1n) is 9.72. The van der Waals surface area contributed by atoms with Gasteiger partial charge in [0.05, 0.1) is 30.5 Å². The van der Waals surface area contributed by atoms with Gasteiger partial charge in [-0.05, 0) is 48.0 Å². The van der Waals surface area contributed by atoms with Crippen molar-refractivity contribution in [3.63, 3.8) is 0 Å². The number of pyridine rings is 1. The third-order valence-corrected chi connectivity index (χ3v) is 5.23. The van der Waals surface area contributed by atoms with Crippen molar-refractivity contribution in [1.82, 2.24) is 10.1 Å². The highest BCUT2D eigenvalue weighted by molar-refractivity contribution is 6.34. The lowest BCUT2D eigenvalue weighted by Crippen LogP contribution is -2.23. The third-order valence-electron chi connectivity index (χ3n) is 4.91. The molecule has 1 amide bonds. The van der Waals surface area contributed by atoms with Gasteiger partial charge in [0.2, 0.25) is 11.8 Å². The van der Waals surface area contributed by atoms with Crippen molar-refractivity contribution >= 4 is 29.1 Å². The summed E-state index contributed by atoms with van der Waals surface area (Å²) >= 11 is 6.41. The largest absolute Gasteiger partial charge is 0.493 e. The van der Waals surface area contributed by atoms with Crippen molar-refractivity contribution in [2.24, 2.45) is 0 Å². The SMILES string of the molecule is COc1ccc(-c2noc(N(C(C)=O)c3ccccc3Cl)c2-c2ccncc2)cc1OC. The molecule has 0 saturated heterocycles. The van der Waals surface area contributed by atoms with E-state index in [0.717, 1.165) is 11.1 Å². The predicted octanol–water partition coefficient (Wildman–Crippen LogP) is 5.76. The molecular formula is C24H20ClN3O4. The van der Waals surface area contributed by atoms with Gasteiger partial charge < -0.3 is 14.0 Å². The molecule has 162 valence electrons. The lowest BCUT2D eigenvalue weighted by Gasteiger charge is -2.20. The van der Waals surface area contributed by atoms with Crippen LogP contribution in [0.15, 0.2) is 71.5 Å². The molecule has 2 heterocycles. The lowest BCUT2D eigenvalue weighted by atomic mass is 10.0. The van der Waals surface area contributed by atoms with Gasteiger partial charge in [0.25, 0.3) is 0 Å². The average Bonchev–Trinajstić information content (AvgIpc) is 3.25. The van der Waals surface area contributed by atoms with Gasteiger partial charge in [0.15, 0.2) is 11.5 Å². The molecule has 8 heteroatoms. The number of aromatic nitrogens is 2. The number of carbonyl (C=O) groups is 1. The van der Waals surface area contributed by atoms with Crippen LogP contribution in [-0.2, 0) is 4.79 Å².